The van der Waals surface area contributed by atoms with Gasteiger partial charge < -0.3 is 16.4 Å². The Morgan fingerprint density at radius 2 is 1.96 bits per heavy atom. The molecule has 5 heteroatoms. The summed E-state index contributed by atoms with van der Waals surface area (Å²) >= 11 is 0. The zero-order chi connectivity index (χ0) is 17.1. The number of likely N-dealkylation sites (N-methyl/N-ethyl adjacent to an activating group) is 1. The number of anilines is 3. The number of hydrogen-bond donors (Lipinski definition) is 2. The molecule has 2 aromatic rings. The number of hydrogen-bond acceptors (Lipinski definition) is 5. The van der Waals surface area contributed by atoms with E-state index in [1.807, 2.05) is 6.07 Å². The molecule has 2 heterocycles. The van der Waals surface area contributed by atoms with Crippen LogP contribution in [0.2, 0.25) is 0 Å². The fourth-order valence-corrected chi connectivity index (χ4v) is 3.57. The van der Waals surface area contributed by atoms with Crippen LogP contribution in [0, 0.1) is 5.92 Å². The summed E-state index contributed by atoms with van der Waals surface area (Å²) in [6.45, 7) is 5.47. The van der Waals surface area contributed by atoms with E-state index in [-0.39, 0.29) is 0 Å². The lowest BCUT2D eigenvalue weighted by Gasteiger charge is -2.43. The normalized spacial score (nSPS) is 21.6. The highest BCUT2D eigenvalue weighted by molar-refractivity contribution is 5.76. The van der Waals surface area contributed by atoms with Crippen LogP contribution in [-0.4, -0.2) is 36.1 Å². The molecule has 0 saturated carbocycles. The van der Waals surface area contributed by atoms with Crippen LogP contribution in [-0.2, 0) is 6.54 Å². The lowest BCUT2D eigenvalue weighted by Crippen LogP contribution is -2.50. The van der Waals surface area contributed by atoms with E-state index in [4.69, 9.17) is 11.5 Å². The van der Waals surface area contributed by atoms with Crippen LogP contribution >= 0.6 is 0 Å². The topological polar surface area (TPSA) is 71.4 Å². The number of nitrogen functional groups attached to an aromatic ring is 2. The molecule has 1 aromatic heterocycles. The van der Waals surface area contributed by atoms with E-state index >= 15 is 0 Å². The van der Waals surface area contributed by atoms with Crippen LogP contribution in [0.1, 0.15) is 18.9 Å². The molecule has 0 amide bonds. The third-order valence-electron chi connectivity index (χ3n) is 5.13. The smallest absolute Gasteiger partial charge is 0.148 e. The van der Waals surface area contributed by atoms with Gasteiger partial charge in [0.1, 0.15) is 5.82 Å². The summed E-state index contributed by atoms with van der Waals surface area (Å²) in [4.78, 5) is 8.87. The van der Waals surface area contributed by atoms with Crippen LogP contribution in [0.15, 0.2) is 42.6 Å². The second-order valence-corrected chi connectivity index (χ2v) is 6.79. The molecule has 0 spiro atoms. The van der Waals surface area contributed by atoms with E-state index in [0.717, 1.165) is 25.3 Å². The van der Waals surface area contributed by atoms with Crippen LogP contribution in [0.4, 0.5) is 17.2 Å². The van der Waals surface area contributed by atoms with Gasteiger partial charge in [-0.3, -0.25) is 4.90 Å². The van der Waals surface area contributed by atoms with Crippen molar-refractivity contribution in [2.24, 2.45) is 5.92 Å². The summed E-state index contributed by atoms with van der Waals surface area (Å²) < 4.78 is 0. The van der Waals surface area contributed by atoms with Gasteiger partial charge in [0.05, 0.1) is 11.4 Å². The van der Waals surface area contributed by atoms with E-state index in [9.17, 15) is 0 Å². The summed E-state index contributed by atoms with van der Waals surface area (Å²) in [5, 5.41) is 0. The highest BCUT2D eigenvalue weighted by Crippen LogP contribution is 2.31. The molecule has 1 saturated heterocycles. The Balaban J connectivity index is 1.75. The first kappa shape index (κ1) is 16.6. The van der Waals surface area contributed by atoms with Crippen molar-refractivity contribution in [3.05, 3.63) is 48.2 Å². The molecule has 0 radical (unpaired) electrons. The van der Waals surface area contributed by atoms with Crippen LogP contribution in [0.3, 0.4) is 0 Å². The highest BCUT2D eigenvalue weighted by atomic mass is 15.2. The summed E-state index contributed by atoms with van der Waals surface area (Å²) in [6.07, 6.45) is 2.91. The first-order chi connectivity index (χ1) is 11.6. The standard InChI is InChI=1S/C19H27N5/c1-14-9-11-24(12-15-6-4-3-5-7-15)13-17(14)23(2)16-8-10-22-19(21)18(16)20/h3-8,10,14,17H,9,11-13,20H2,1-2H3,(H2,21,22)/t14-,17+/m1/s1. The molecule has 24 heavy (non-hydrogen) atoms. The molecule has 1 aliphatic rings. The molecule has 1 fully saturated rings. The third kappa shape index (κ3) is 3.46. The molecule has 2 atom stereocenters. The molecule has 4 N–H and O–H groups in total. The minimum absolute atomic E-state index is 0.406. The van der Waals surface area contributed by atoms with Crippen LogP contribution in [0.25, 0.3) is 0 Å². The van der Waals surface area contributed by atoms with Crippen molar-refractivity contribution in [2.75, 3.05) is 36.5 Å². The molecule has 1 aliphatic heterocycles. The maximum absolute atomic E-state index is 6.15. The van der Waals surface area contributed by atoms with Crippen molar-refractivity contribution < 1.29 is 0 Å². The molecule has 128 valence electrons. The monoisotopic (exact) mass is 325 g/mol. The van der Waals surface area contributed by atoms with Gasteiger partial charge in [-0.25, -0.2) is 4.98 Å². The number of aromatic nitrogens is 1. The predicted octanol–water partition coefficient (Wildman–Crippen LogP) is 2.59. The number of rotatable bonds is 4. The van der Waals surface area contributed by atoms with Crippen molar-refractivity contribution in [1.29, 1.82) is 0 Å². The predicted molar refractivity (Wildman–Crippen MR) is 101 cm³/mol. The maximum Gasteiger partial charge on any atom is 0.148 e. The van der Waals surface area contributed by atoms with E-state index in [2.05, 4.69) is 59.1 Å². The Morgan fingerprint density at radius 1 is 1.21 bits per heavy atom. The lowest BCUT2D eigenvalue weighted by atomic mass is 9.91. The van der Waals surface area contributed by atoms with E-state index in [1.165, 1.54) is 12.0 Å². The number of nitrogens with two attached hydrogens (primary N) is 2. The molecule has 0 aliphatic carbocycles. The Morgan fingerprint density at radius 3 is 2.71 bits per heavy atom. The van der Waals surface area contributed by atoms with Gasteiger partial charge in [-0.1, -0.05) is 37.3 Å². The summed E-state index contributed by atoms with van der Waals surface area (Å²) in [7, 11) is 2.11. The highest BCUT2D eigenvalue weighted by Gasteiger charge is 2.30. The van der Waals surface area contributed by atoms with Gasteiger partial charge in [0.15, 0.2) is 0 Å². The zero-order valence-corrected chi connectivity index (χ0v) is 14.5. The van der Waals surface area contributed by atoms with Gasteiger partial charge >= 0.3 is 0 Å². The molecular formula is C19H27N5. The van der Waals surface area contributed by atoms with Crippen LogP contribution < -0.4 is 16.4 Å². The number of nitrogens with zero attached hydrogens (tertiary/aromatic N) is 3. The van der Waals surface area contributed by atoms with Crippen LogP contribution in [0.5, 0.6) is 0 Å². The Kier molecular flexibility index (Phi) is 4.90. The SMILES string of the molecule is C[C@@H]1CCN(Cc2ccccc2)C[C@@H]1N(C)c1ccnc(N)c1N. The average molecular weight is 325 g/mol. The second-order valence-electron chi connectivity index (χ2n) is 6.79. The number of benzene rings is 1. The Labute approximate surface area is 144 Å². The fourth-order valence-electron chi connectivity index (χ4n) is 3.57. The van der Waals surface area contributed by atoms with E-state index in [0.29, 0.717) is 23.5 Å². The fraction of sp³-hybridized carbons (Fsp3) is 0.421. The van der Waals surface area contributed by atoms with E-state index in [1.54, 1.807) is 6.20 Å². The number of piperidine rings is 1. The quantitative estimate of drug-likeness (QED) is 0.904. The third-order valence-corrected chi connectivity index (χ3v) is 5.13. The van der Waals surface area contributed by atoms with Gasteiger partial charge in [-0.2, -0.15) is 0 Å². The Bertz CT molecular complexity index is 673. The molecule has 0 bridgehead atoms. The van der Waals surface area contributed by atoms with Gasteiger partial charge in [0, 0.05) is 32.4 Å². The first-order valence-electron chi connectivity index (χ1n) is 8.55. The van der Waals surface area contributed by atoms with Gasteiger partial charge in [0.25, 0.3) is 0 Å². The van der Waals surface area contributed by atoms with Crippen molar-refractivity contribution in [2.45, 2.75) is 25.9 Å². The zero-order valence-electron chi connectivity index (χ0n) is 14.5. The second kappa shape index (κ2) is 7.09. The Hall–Kier alpha value is -2.27. The van der Waals surface area contributed by atoms with Gasteiger partial charge in [0.2, 0.25) is 0 Å². The van der Waals surface area contributed by atoms with Crippen molar-refractivity contribution in [3.8, 4) is 0 Å². The maximum atomic E-state index is 6.15. The molecular weight excluding hydrogens is 298 g/mol. The summed E-state index contributed by atoms with van der Waals surface area (Å²) in [5.41, 5.74) is 14.9. The molecule has 5 nitrogen and oxygen atoms in total. The van der Waals surface area contributed by atoms with Crippen molar-refractivity contribution in [3.63, 3.8) is 0 Å². The average Bonchev–Trinajstić information content (AvgIpc) is 2.59. The van der Waals surface area contributed by atoms with Crippen molar-refractivity contribution in [1.82, 2.24) is 9.88 Å². The molecule has 1 aromatic carbocycles. The first-order valence-corrected chi connectivity index (χ1v) is 8.55. The number of likely N-dealkylation sites (tertiary alicyclic amines) is 1. The van der Waals surface area contributed by atoms with Gasteiger partial charge in [-0.05, 0) is 30.5 Å². The summed E-state index contributed by atoms with van der Waals surface area (Å²) in [6, 6.07) is 13.0. The van der Waals surface area contributed by atoms with Crippen molar-refractivity contribution >= 4 is 17.2 Å². The molecule has 0 unspecified atom stereocenters. The molecule has 3 rings (SSSR count). The van der Waals surface area contributed by atoms with Gasteiger partial charge in [-0.15, -0.1) is 0 Å². The minimum atomic E-state index is 0.406. The van der Waals surface area contributed by atoms with E-state index < -0.39 is 0 Å². The lowest BCUT2D eigenvalue weighted by molar-refractivity contribution is 0.159. The minimum Gasteiger partial charge on any atom is -0.394 e. The number of pyridine rings is 1. The summed E-state index contributed by atoms with van der Waals surface area (Å²) in [5.74, 6) is 1.01. The largest absolute Gasteiger partial charge is 0.394 e.